The van der Waals surface area contributed by atoms with Crippen LogP contribution in [-0.2, 0) is 8.53 Å². The van der Waals surface area contributed by atoms with Gasteiger partial charge in [0.1, 0.15) is 5.75 Å². The lowest BCUT2D eigenvalue weighted by atomic mass is 9.86. The molecule has 0 N–H and O–H groups in total. The van der Waals surface area contributed by atoms with Gasteiger partial charge in [-0.3, -0.25) is 0 Å². The Morgan fingerprint density at radius 1 is 1.12 bits per heavy atom. The Morgan fingerprint density at radius 3 is 2.27 bits per heavy atom. The normalized spacial score (nSPS) is 15.9. The van der Waals surface area contributed by atoms with Gasteiger partial charge in [0.25, 0.3) is 5.95 Å². The van der Waals surface area contributed by atoms with Crippen molar-refractivity contribution in [3.63, 3.8) is 0 Å². The second-order valence-electron chi connectivity index (χ2n) is 6.26. The highest BCUT2D eigenvalue weighted by Gasteiger charge is 2.31. The molecular formula is C19H28AlCl2NO3. The van der Waals surface area contributed by atoms with Gasteiger partial charge in [0.15, 0.2) is 0 Å². The van der Waals surface area contributed by atoms with Crippen LogP contribution in [0, 0.1) is 5.92 Å². The summed E-state index contributed by atoms with van der Waals surface area (Å²) in [5.41, 5.74) is 2.15. The highest BCUT2D eigenvalue weighted by Crippen LogP contribution is 2.37. The molecule has 0 aliphatic heterocycles. The number of methoxy groups -OCH3 is 1. The summed E-state index contributed by atoms with van der Waals surface area (Å²) >= 11 is -2.31. The highest BCUT2D eigenvalue weighted by atomic mass is 35.7. The van der Waals surface area contributed by atoms with E-state index in [1.165, 1.54) is 19.3 Å². The number of hydrogen-bond donors (Lipinski definition) is 0. The van der Waals surface area contributed by atoms with Crippen molar-refractivity contribution in [2.24, 2.45) is 5.92 Å². The first-order valence-corrected chi connectivity index (χ1v) is 13.3. The number of allylic oxidation sites excluding steroid dienone is 1. The minimum atomic E-state index is -2.31. The number of rotatable bonds is 9. The van der Waals surface area contributed by atoms with E-state index in [0.717, 1.165) is 36.5 Å². The molecule has 0 amide bonds. The van der Waals surface area contributed by atoms with Crippen LogP contribution in [0.1, 0.15) is 46.0 Å². The Balaban J connectivity index is 2.46. The molecule has 1 aliphatic carbocycles. The molecule has 0 bridgehead atoms. The maximum absolute atomic E-state index is 6.06. The molecule has 0 aromatic heterocycles. The fourth-order valence-electron chi connectivity index (χ4n) is 3.51. The van der Waals surface area contributed by atoms with Crippen molar-refractivity contribution in [1.82, 2.24) is 0 Å². The number of hydrogen-bond acceptors (Lipinski definition) is 4. The number of anilines is 1. The molecule has 7 heteroatoms. The lowest BCUT2D eigenvalue weighted by molar-refractivity contribution is 0.109. The smallest absolute Gasteiger partial charge is 0.592 e. The van der Waals surface area contributed by atoms with Crippen molar-refractivity contribution < 1.29 is 13.3 Å². The zero-order valence-electron chi connectivity index (χ0n) is 15.8. The van der Waals surface area contributed by atoms with Gasteiger partial charge in [-0.05, 0) is 51.0 Å². The SMILES string of the molecule is CCO/C([O][Al]([Cl])[Cl])=C(\C1CCCCC1)N(CC)c1ccc(OC)cc1. The first-order chi connectivity index (χ1) is 12.6. The Morgan fingerprint density at radius 2 is 1.77 bits per heavy atom. The minimum absolute atomic E-state index is 0.383. The van der Waals surface area contributed by atoms with Gasteiger partial charge >= 0.3 is 12.6 Å². The van der Waals surface area contributed by atoms with Crippen LogP contribution in [0.5, 0.6) is 5.75 Å². The maximum atomic E-state index is 6.06. The zero-order valence-corrected chi connectivity index (χ0v) is 18.5. The van der Waals surface area contributed by atoms with Crippen molar-refractivity contribution in [1.29, 1.82) is 0 Å². The van der Waals surface area contributed by atoms with E-state index in [2.05, 4.69) is 24.0 Å². The van der Waals surface area contributed by atoms with Crippen molar-refractivity contribution >= 4 is 38.4 Å². The summed E-state index contributed by atoms with van der Waals surface area (Å²) in [7, 11) is 13.8. The molecule has 144 valence electrons. The van der Waals surface area contributed by atoms with Gasteiger partial charge in [0, 0.05) is 18.2 Å². The average Bonchev–Trinajstić information content (AvgIpc) is 2.66. The van der Waals surface area contributed by atoms with Crippen LogP contribution in [-0.4, -0.2) is 32.9 Å². The van der Waals surface area contributed by atoms with Gasteiger partial charge in [0.05, 0.1) is 19.4 Å². The van der Waals surface area contributed by atoms with E-state index < -0.39 is 12.6 Å². The minimum Gasteiger partial charge on any atom is -0.592 e. The number of halogens is 2. The van der Waals surface area contributed by atoms with Crippen LogP contribution in [0.15, 0.2) is 35.9 Å². The Hall–Kier alpha value is -0.728. The monoisotopic (exact) mass is 415 g/mol. The van der Waals surface area contributed by atoms with Gasteiger partial charge in [0.2, 0.25) is 0 Å². The highest BCUT2D eigenvalue weighted by molar-refractivity contribution is 7.30. The van der Waals surface area contributed by atoms with Gasteiger partial charge in [-0.25, -0.2) is 0 Å². The Labute approximate surface area is 170 Å². The zero-order chi connectivity index (χ0) is 18.9. The van der Waals surface area contributed by atoms with E-state index >= 15 is 0 Å². The number of nitrogens with zero attached hydrogens (tertiary/aromatic N) is 1. The standard InChI is InChI=1S/C19H29NO3.Al.2ClH/c1-4-20(16-11-13-17(22-3)14-12-16)18(19(21)23-5-2)15-9-7-6-8-10-15;;;/h11-15,21H,4-10H2,1-3H3;;2*1H/q;+3;;/p-3/b19-18+;;;. The molecule has 0 atom stereocenters. The van der Waals surface area contributed by atoms with Crippen LogP contribution >= 0.6 is 20.1 Å². The van der Waals surface area contributed by atoms with E-state index in [0.29, 0.717) is 18.5 Å². The molecule has 26 heavy (non-hydrogen) atoms. The topological polar surface area (TPSA) is 30.9 Å². The molecule has 1 saturated carbocycles. The maximum Gasteiger partial charge on any atom is 0.817 e. The van der Waals surface area contributed by atoms with E-state index in [-0.39, 0.29) is 0 Å². The van der Waals surface area contributed by atoms with Gasteiger partial charge in [-0.1, -0.05) is 19.3 Å². The van der Waals surface area contributed by atoms with Crippen molar-refractivity contribution in [2.45, 2.75) is 46.0 Å². The number of benzene rings is 1. The van der Waals surface area contributed by atoms with Crippen LogP contribution in [0.3, 0.4) is 0 Å². The van der Waals surface area contributed by atoms with Crippen molar-refractivity contribution in [3.05, 3.63) is 35.9 Å². The second-order valence-corrected chi connectivity index (χ2v) is 10.1. The summed E-state index contributed by atoms with van der Waals surface area (Å²) in [5, 5.41) is 0. The number of ether oxygens (including phenoxy) is 2. The van der Waals surface area contributed by atoms with E-state index in [1.807, 2.05) is 19.1 Å². The summed E-state index contributed by atoms with van der Waals surface area (Å²) in [6, 6.07) is 8.06. The summed E-state index contributed by atoms with van der Waals surface area (Å²) in [4.78, 5) is 2.25. The van der Waals surface area contributed by atoms with Crippen LogP contribution in [0.2, 0.25) is 0 Å². The lowest BCUT2D eigenvalue weighted by Gasteiger charge is -2.35. The van der Waals surface area contributed by atoms with E-state index in [1.54, 1.807) is 7.11 Å². The molecule has 0 unspecified atom stereocenters. The van der Waals surface area contributed by atoms with Crippen molar-refractivity contribution in [2.75, 3.05) is 25.2 Å². The third-order valence-electron chi connectivity index (χ3n) is 4.66. The molecular weight excluding hydrogens is 388 g/mol. The predicted octanol–water partition coefficient (Wildman–Crippen LogP) is 5.79. The molecule has 0 heterocycles. The van der Waals surface area contributed by atoms with Gasteiger partial charge in [-0.15, -0.1) is 0 Å². The molecule has 1 aromatic carbocycles. The van der Waals surface area contributed by atoms with Crippen molar-refractivity contribution in [3.8, 4) is 5.75 Å². The summed E-state index contributed by atoms with van der Waals surface area (Å²) in [6.07, 6.45) is 5.97. The largest absolute Gasteiger partial charge is 0.817 e. The predicted molar refractivity (Wildman–Crippen MR) is 110 cm³/mol. The van der Waals surface area contributed by atoms with E-state index in [9.17, 15) is 0 Å². The Kier molecular flexibility index (Phi) is 9.29. The van der Waals surface area contributed by atoms with Gasteiger partial charge in [-0.2, -0.15) is 20.1 Å². The fourth-order valence-corrected chi connectivity index (χ4v) is 4.34. The van der Waals surface area contributed by atoms with Crippen LogP contribution in [0.25, 0.3) is 0 Å². The molecule has 1 fully saturated rings. The van der Waals surface area contributed by atoms with E-state index in [4.69, 9.17) is 33.4 Å². The fraction of sp³-hybridized carbons (Fsp3) is 0.579. The summed E-state index contributed by atoms with van der Waals surface area (Å²) in [6.45, 7) is 5.40. The third kappa shape index (κ3) is 5.89. The second kappa shape index (κ2) is 11.2. The molecule has 0 radical (unpaired) electrons. The molecule has 2 rings (SSSR count). The summed E-state index contributed by atoms with van der Waals surface area (Å²) < 4.78 is 17.0. The van der Waals surface area contributed by atoms with Crippen LogP contribution < -0.4 is 9.64 Å². The molecule has 1 aliphatic rings. The first-order valence-electron chi connectivity index (χ1n) is 9.34. The average molecular weight is 416 g/mol. The first kappa shape index (κ1) is 21.6. The summed E-state index contributed by atoms with van der Waals surface area (Å²) in [5.74, 6) is 1.72. The molecule has 0 spiro atoms. The molecule has 0 saturated heterocycles. The Bertz CT molecular complexity index is 575. The van der Waals surface area contributed by atoms with Crippen LogP contribution in [0.4, 0.5) is 5.69 Å². The quantitative estimate of drug-likeness (QED) is 0.377. The third-order valence-corrected chi connectivity index (χ3v) is 5.59. The molecule has 4 nitrogen and oxygen atoms in total. The molecule has 1 aromatic rings. The van der Waals surface area contributed by atoms with Gasteiger partial charge < -0.3 is 18.2 Å². The lowest BCUT2D eigenvalue weighted by Crippen LogP contribution is -2.31.